The van der Waals surface area contributed by atoms with E-state index in [1.165, 1.54) is 19.8 Å². The van der Waals surface area contributed by atoms with Gasteiger partial charge in [-0.25, -0.2) is 0 Å². The number of rotatable bonds is 6. The van der Waals surface area contributed by atoms with Crippen molar-refractivity contribution >= 4 is 19.1 Å². The number of nitrogens with zero attached hydrogens (tertiary/aromatic N) is 2. The molecule has 6 nitrogen and oxygen atoms in total. The molecule has 1 heterocycles. The Kier molecular flexibility index (Phi) is 7.34. The Morgan fingerprint density at radius 1 is 1.02 bits per heavy atom. The van der Waals surface area contributed by atoms with Crippen molar-refractivity contribution in [3.63, 3.8) is 0 Å². The van der Waals surface area contributed by atoms with Crippen molar-refractivity contribution < 1.29 is 18.4 Å². The summed E-state index contributed by atoms with van der Waals surface area (Å²) in [5, 5.41) is 10.0. The highest BCUT2D eigenvalue weighted by atomic mass is 31.2. The van der Waals surface area contributed by atoms with Crippen molar-refractivity contribution in [2.24, 2.45) is 49.3 Å². The zero-order valence-corrected chi connectivity index (χ0v) is 27.7. The molecule has 5 aliphatic rings. The van der Waals surface area contributed by atoms with Gasteiger partial charge in [0.05, 0.1) is 24.0 Å². The molecular weight excluding hydrogens is 531 g/mol. The molecule has 0 unspecified atom stereocenters. The number of aliphatic imine (C=N–C) groups is 1. The molecule has 0 N–H and O–H groups in total. The first-order chi connectivity index (χ1) is 18.9. The Balaban J connectivity index is 1.59. The number of Topliss-reactive ketones (excluding diaryl/α,β-unsaturated/α-hetero) is 1. The molecule has 0 spiro atoms. The summed E-state index contributed by atoms with van der Waals surface area (Å²) in [6.45, 7) is 16.9. The Bertz CT molecular complexity index is 1310. The second-order valence-electron chi connectivity index (χ2n) is 16.1. The maximum absolute atomic E-state index is 13.6. The third-order valence-electron chi connectivity index (χ3n) is 13.0. The second kappa shape index (κ2) is 9.73. The van der Waals surface area contributed by atoms with Gasteiger partial charge in [-0.3, -0.25) is 14.4 Å². The van der Waals surface area contributed by atoms with Gasteiger partial charge in [-0.2, -0.15) is 5.26 Å². The molecule has 0 aromatic heterocycles. The SMILES string of the molecule is COP(=O)(C[C@]12CCC(C)(C)C[C@H]1C[C@](C)([C@]1(C)CC[C@H]3C(C)(C)C(=O)C(C#N)=C[C@]3(C)/C1=C/C1=NC1)CC2)OC. The molecular formula is C34H51N2O4P. The van der Waals surface area contributed by atoms with Gasteiger partial charge in [0, 0.05) is 25.0 Å². The Labute approximate surface area is 248 Å². The van der Waals surface area contributed by atoms with Crippen molar-refractivity contribution in [1.82, 2.24) is 0 Å². The minimum absolute atomic E-state index is 0.000226. The number of carbonyl (C=O) groups excluding carboxylic acids is 1. The fourth-order valence-corrected chi connectivity index (χ4v) is 11.8. The Morgan fingerprint density at radius 3 is 2.24 bits per heavy atom. The fourth-order valence-electron chi connectivity index (χ4n) is 10.1. The van der Waals surface area contributed by atoms with Crippen LogP contribution in [0.3, 0.4) is 0 Å². The molecule has 7 heteroatoms. The zero-order chi connectivity index (χ0) is 30.3. The predicted molar refractivity (Wildman–Crippen MR) is 164 cm³/mol. The Morgan fingerprint density at radius 2 is 1.66 bits per heavy atom. The number of nitriles is 1. The zero-order valence-electron chi connectivity index (χ0n) is 26.9. The van der Waals surface area contributed by atoms with E-state index in [0.717, 1.165) is 63.6 Å². The average Bonchev–Trinajstić information content (AvgIpc) is 3.73. The number of hydrogen-bond donors (Lipinski definition) is 0. The summed E-state index contributed by atoms with van der Waals surface area (Å²) in [6, 6.07) is 2.26. The van der Waals surface area contributed by atoms with Crippen LogP contribution in [0.2, 0.25) is 0 Å². The van der Waals surface area contributed by atoms with Crippen LogP contribution in [0, 0.1) is 55.7 Å². The van der Waals surface area contributed by atoms with E-state index in [0.29, 0.717) is 17.7 Å². The molecule has 0 bridgehead atoms. The molecule has 0 radical (unpaired) electrons. The van der Waals surface area contributed by atoms with Gasteiger partial charge in [-0.1, -0.05) is 60.1 Å². The maximum Gasteiger partial charge on any atom is 0.330 e. The summed E-state index contributed by atoms with van der Waals surface area (Å²) >= 11 is 0. The number of carbonyl (C=O) groups is 1. The van der Waals surface area contributed by atoms with Gasteiger partial charge in [0.15, 0.2) is 5.78 Å². The average molecular weight is 583 g/mol. The number of ketones is 1. The predicted octanol–water partition coefficient (Wildman–Crippen LogP) is 8.34. The lowest BCUT2D eigenvalue weighted by Crippen LogP contribution is -2.58. The monoisotopic (exact) mass is 582 g/mol. The summed E-state index contributed by atoms with van der Waals surface area (Å²) in [5.74, 6) is 0.528. The summed E-state index contributed by atoms with van der Waals surface area (Å²) in [5.41, 5.74) is 1.85. The lowest BCUT2D eigenvalue weighted by molar-refractivity contribution is -0.134. The van der Waals surface area contributed by atoms with Gasteiger partial charge in [0.1, 0.15) is 6.07 Å². The largest absolute Gasteiger partial charge is 0.330 e. The van der Waals surface area contributed by atoms with Gasteiger partial charge in [0.2, 0.25) is 0 Å². The molecule has 4 aliphatic carbocycles. The Hall–Kier alpha value is -1.54. The van der Waals surface area contributed by atoms with E-state index in [9.17, 15) is 14.6 Å². The first kappa shape index (κ1) is 30.9. The third kappa shape index (κ3) is 4.78. The van der Waals surface area contributed by atoms with Crippen LogP contribution in [-0.2, 0) is 18.4 Å². The standard InChI is InChI=1S/C34H51N2O4P/c1-29(2)12-14-34(22-41(38,39-8)40-9)15-13-31(5,19-24(34)18-29)33(7)11-10-26-30(3,4)28(37)23(20-35)17-32(26,6)27(33)16-25-21-36-25/h16-17,24,26H,10-15,18-19,21-22H2,1-9H3/b27-16-/t24-,26-,31+,32-,33+,34+/m0/s1. The van der Waals surface area contributed by atoms with Crippen molar-refractivity contribution in [3.8, 4) is 6.07 Å². The maximum atomic E-state index is 13.6. The first-order valence-corrected chi connectivity index (χ1v) is 17.3. The molecule has 0 amide bonds. The van der Waals surface area contributed by atoms with Gasteiger partial charge < -0.3 is 9.05 Å². The molecule has 5 rings (SSSR count). The van der Waals surface area contributed by atoms with Crippen molar-refractivity contribution in [3.05, 3.63) is 23.3 Å². The van der Waals surface area contributed by atoms with Gasteiger partial charge in [-0.15, -0.1) is 0 Å². The molecule has 1 aliphatic heterocycles. The van der Waals surface area contributed by atoms with Crippen LogP contribution in [0.1, 0.15) is 99.8 Å². The van der Waals surface area contributed by atoms with Crippen LogP contribution in [0.5, 0.6) is 0 Å². The summed E-state index contributed by atoms with van der Waals surface area (Å²) in [6.07, 6.45) is 13.2. The van der Waals surface area contributed by atoms with E-state index in [4.69, 9.17) is 9.05 Å². The minimum Gasteiger partial charge on any atom is -0.312 e. The van der Waals surface area contributed by atoms with Crippen molar-refractivity contribution in [2.75, 3.05) is 26.9 Å². The first-order valence-electron chi connectivity index (χ1n) is 15.6. The normalized spacial score (nSPS) is 42.4. The highest BCUT2D eigenvalue weighted by Gasteiger charge is 2.64. The van der Waals surface area contributed by atoms with E-state index in [1.807, 2.05) is 19.9 Å². The van der Waals surface area contributed by atoms with Crippen molar-refractivity contribution in [2.45, 2.75) is 99.8 Å². The smallest absolute Gasteiger partial charge is 0.312 e. The molecule has 0 aromatic rings. The van der Waals surface area contributed by atoms with Gasteiger partial charge in [0.25, 0.3) is 0 Å². The molecule has 0 aromatic carbocycles. The lowest BCUT2D eigenvalue weighted by Gasteiger charge is -2.65. The van der Waals surface area contributed by atoms with E-state index >= 15 is 0 Å². The minimum atomic E-state index is -3.16. The quantitative estimate of drug-likeness (QED) is 0.294. The topological polar surface area (TPSA) is 88.8 Å². The summed E-state index contributed by atoms with van der Waals surface area (Å²) in [4.78, 5) is 18.0. The van der Waals surface area contributed by atoms with Crippen LogP contribution in [0.25, 0.3) is 0 Å². The highest BCUT2D eigenvalue weighted by molar-refractivity contribution is 7.53. The molecule has 3 fully saturated rings. The summed E-state index contributed by atoms with van der Waals surface area (Å²) in [7, 11) is -0.121. The van der Waals surface area contributed by atoms with Gasteiger partial charge >= 0.3 is 7.60 Å². The second-order valence-corrected chi connectivity index (χ2v) is 18.4. The highest BCUT2D eigenvalue weighted by Crippen LogP contribution is 2.72. The van der Waals surface area contributed by atoms with Crippen LogP contribution < -0.4 is 0 Å². The number of allylic oxidation sites excluding steroid dienone is 3. The molecule has 226 valence electrons. The van der Waals surface area contributed by atoms with Crippen molar-refractivity contribution in [1.29, 1.82) is 5.26 Å². The lowest BCUT2D eigenvalue weighted by atomic mass is 9.39. The fraction of sp³-hybridized carbons (Fsp3) is 0.794. The van der Waals surface area contributed by atoms with E-state index in [2.05, 4.69) is 51.8 Å². The van der Waals surface area contributed by atoms with E-state index < -0.39 is 18.4 Å². The molecule has 0 saturated heterocycles. The van der Waals surface area contributed by atoms with Crippen LogP contribution in [0.4, 0.5) is 0 Å². The molecule has 3 saturated carbocycles. The molecule has 6 atom stereocenters. The third-order valence-corrected chi connectivity index (χ3v) is 15.1. The van der Waals surface area contributed by atoms with Gasteiger partial charge in [-0.05, 0) is 90.9 Å². The van der Waals surface area contributed by atoms with Crippen LogP contribution in [0.15, 0.2) is 28.3 Å². The van der Waals surface area contributed by atoms with Crippen LogP contribution in [-0.4, -0.2) is 38.4 Å². The number of hydrogen-bond acceptors (Lipinski definition) is 6. The number of fused-ring (bicyclic) bond motifs is 2. The summed E-state index contributed by atoms with van der Waals surface area (Å²) < 4.78 is 24.6. The molecule has 41 heavy (non-hydrogen) atoms. The van der Waals surface area contributed by atoms with Crippen LogP contribution >= 0.6 is 7.60 Å². The van der Waals surface area contributed by atoms with E-state index in [1.54, 1.807) is 0 Å². The van der Waals surface area contributed by atoms with E-state index in [-0.39, 0.29) is 33.4 Å².